The van der Waals surface area contributed by atoms with Gasteiger partial charge in [0.25, 0.3) is 0 Å². The average Bonchev–Trinajstić information content (AvgIpc) is 3.46. The van der Waals surface area contributed by atoms with E-state index in [1.807, 2.05) is 0 Å². The molecule has 0 unspecified atom stereocenters. The van der Waals surface area contributed by atoms with Gasteiger partial charge < -0.3 is 0 Å². The molecule has 0 nitrogen and oxygen atoms in total. The van der Waals surface area contributed by atoms with E-state index in [2.05, 4.69) is 291 Å². The molecule has 0 saturated heterocycles. The van der Waals surface area contributed by atoms with E-state index in [4.69, 9.17) is 0 Å². The average molecular weight is 941 g/mol. The molecule has 14 rings (SSSR count). The van der Waals surface area contributed by atoms with Crippen molar-refractivity contribution >= 4 is 93.5 Å². The Bertz CT molecular complexity index is 4030. The Kier molecular flexibility index (Phi) is 10.3. The van der Waals surface area contributed by atoms with Crippen LogP contribution < -0.4 is 20.7 Å². The molecule has 73 heavy (non-hydrogen) atoms. The molecule has 0 radical (unpaired) electrons. The molecule has 340 valence electrons. The first-order valence-corrected chi connectivity index (χ1v) is 27.4. The van der Waals surface area contributed by atoms with Crippen molar-refractivity contribution in [3.63, 3.8) is 0 Å². The van der Waals surface area contributed by atoms with Crippen molar-refractivity contribution in [2.24, 2.45) is 0 Å². The lowest BCUT2D eigenvalue weighted by Crippen LogP contribution is -2.74. The second-order valence-electron chi connectivity index (χ2n) is 19.4. The fraction of sp³-hybridized carbons (Fsp3) is 0. The normalized spacial score (nSPS) is 11.8. The lowest BCUT2D eigenvalue weighted by atomic mass is 9.85. The Morgan fingerprint density at radius 2 is 0.425 bits per heavy atom. The van der Waals surface area contributed by atoms with Crippen LogP contribution in [0.1, 0.15) is 0 Å². The first-order chi connectivity index (χ1) is 36.2. The van der Waals surface area contributed by atoms with Crippen LogP contribution in [0, 0.1) is 0 Å². The zero-order chi connectivity index (χ0) is 48.3. The van der Waals surface area contributed by atoms with E-state index < -0.39 is 8.07 Å². The molecule has 0 aliphatic carbocycles. The fourth-order valence-electron chi connectivity index (χ4n) is 12.4. The van der Waals surface area contributed by atoms with E-state index >= 15 is 0 Å². The quantitative estimate of drug-likeness (QED) is 0.0809. The van der Waals surface area contributed by atoms with E-state index in [0.29, 0.717) is 0 Å². The number of hydrogen-bond donors (Lipinski definition) is 0. The predicted octanol–water partition coefficient (Wildman–Crippen LogP) is 16.7. The largest absolute Gasteiger partial charge is 0.179 e. The van der Waals surface area contributed by atoms with Crippen LogP contribution in [-0.2, 0) is 0 Å². The van der Waals surface area contributed by atoms with Gasteiger partial charge in [-0.05, 0) is 142 Å². The summed E-state index contributed by atoms with van der Waals surface area (Å²) in [5.74, 6) is 0. The molecule has 0 N–H and O–H groups in total. The molecule has 0 atom stereocenters. The van der Waals surface area contributed by atoms with Gasteiger partial charge in [0.15, 0.2) is 8.07 Å². The molecule has 0 aromatic heterocycles. The highest BCUT2D eigenvalue weighted by Crippen LogP contribution is 2.46. The van der Waals surface area contributed by atoms with E-state index in [-0.39, 0.29) is 0 Å². The summed E-state index contributed by atoms with van der Waals surface area (Å²) in [7, 11) is -3.08. The number of fused-ring (bicyclic) bond motifs is 6. The summed E-state index contributed by atoms with van der Waals surface area (Å²) in [4.78, 5) is 0. The van der Waals surface area contributed by atoms with Gasteiger partial charge in [-0.3, -0.25) is 0 Å². The summed E-state index contributed by atoms with van der Waals surface area (Å²) < 4.78 is 0. The maximum Gasteiger partial charge on any atom is 0.179 e. The molecular formula is C72H48Si. The van der Waals surface area contributed by atoms with Gasteiger partial charge in [-0.1, -0.05) is 279 Å². The summed E-state index contributed by atoms with van der Waals surface area (Å²) in [6.07, 6.45) is 0. The molecule has 0 spiro atoms. The van der Waals surface area contributed by atoms with Crippen LogP contribution in [0.3, 0.4) is 0 Å². The minimum absolute atomic E-state index is 1.22. The van der Waals surface area contributed by atoms with E-state index in [1.54, 1.807) is 0 Å². The van der Waals surface area contributed by atoms with Crippen LogP contribution in [0.4, 0.5) is 0 Å². The van der Waals surface area contributed by atoms with Crippen LogP contribution in [0.15, 0.2) is 291 Å². The van der Waals surface area contributed by atoms with Crippen molar-refractivity contribution in [1.29, 1.82) is 0 Å². The van der Waals surface area contributed by atoms with Crippen LogP contribution in [0.5, 0.6) is 0 Å². The van der Waals surface area contributed by atoms with E-state index in [1.165, 1.54) is 130 Å². The second kappa shape index (κ2) is 17.6. The molecule has 0 heterocycles. The van der Waals surface area contributed by atoms with Gasteiger partial charge in [0.1, 0.15) is 0 Å². The number of benzene rings is 14. The van der Waals surface area contributed by atoms with E-state index in [9.17, 15) is 0 Å². The molecule has 0 aliphatic rings. The third-order valence-corrected chi connectivity index (χ3v) is 20.3. The molecule has 0 saturated carbocycles. The van der Waals surface area contributed by atoms with Crippen molar-refractivity contribution in [2.75, 3.05) is 0 Å². The predicted molar refractivity (Wildman–Crippen MR) is 317 cm³/mol. The highest BCUT2D eigenvalue weighted by atomic mass is 28.3. The summed E-state index contributed by atoms with van der Waals surface area (Å²) in [6, 6.07) is 109. The third kappa shape index (κ3) is 6.96. The molecule has 1 heteroatoms. The van der Waals surface area contributed by atoms with Crippen LogP contribution >= 0.6 is 0 Å². The molecule has 0 bridgehead atoms. The monoisotopic (exact) mass is 940 g/mol. The fourth-order valence-corrected chi connectivity index (χ4v) is 17.2. The Balaban J connectivity index is 1.02. The zero-order valence-electron chi connectivity index (χ0n) is 40.2. The molecule has 14 aromatic rings. The third-order valence-electron chi connectivity index (χ3n) is 15.5. The Morgan fingerprint density at radius 3 is 0.753 bits per heavy atom. The summed E-state index contributed by atoms with van der Waals surface area (Å²) in [6.45, 7) is 0. The molecular weight excluding hydrogens is 893 g/mol. The van der Waals surface area contributed by atoms with Gasteiger partial charge in [0.2, 0.25) is 0 Å². The van der Waals surface area contributed by atoms with Crippen LogP contribution in [0.2, 0.25) is 0 Å². The van der Waals surface area contributed by atoms with Crippen molar-refractivity contribution in [3.05, 3.63) is 291 Å². The van der Waals surface area contributed by atoms with Crippen LogP contribution in [0.25, 0.3) is 109 Å². The standard InChI is InChI=1S/C72H48Si/c1-3-27-57(28-4-1)73(58-29-5-2-6-30-58,59-31-19-25-53(47-59)69-61-33-11-15-37-65(61)71(66-38-16-12-34-62(66)69)55-43-41-49-21-7-9-23-51(49)45-55)60-32-20-26-54(48-60)70-63-35-13-17-39-67(63)72(68-40-18-14-36-64(68)70)56-44-42-50-22-8-10-24-52(50)46-56/h1-48H. The Labute approximate surface area is 426 Å². The Hall–Kier alpha value is -9.14. The lowest BCUT2D eigenvalue weighted by Gasteiger charge is -2.35. The van der Waals surface area contributed by atoms with Gasteiger partial charge in [-0.2, -0.15) is 0 Å². The van der Waals surface area contributed by atoms with Crippen molar-refractivity contribution in [1.82, 2.24) is 0 Å². The maximum absolute atomic E-state index is 3.08. The van der Waals surface area contributed by atoms with Gasteiger partial charge in [-0.25, -0.2) is 0 Å². The molecule has 0 amide bonds. The smallest absolute Gasteiger partial charge is 0.0623 e. The summed E-state index contributed by atoms with van der Waals surface area (Å²) in [5, 5.41) is 20.4. The van der Waals surface area contributed by atoms with Crippen molar-refractivity contribution in [3.8, 4) is 44.5 Å². The van der Waals surface area contributed by atoms with E-state index in [0.717, 1.165) is 0 Å². The van der Waals surface area contributed by atoms with Gasteiger partial charge in [0.05, 0.1) is 0 Å². The topological polar surface area (TPSA) is 0 Å². The van der Waals surface area contributed by atoms with Crippen molar-refractivity contribution < 1.29 is 0 Å². The SMILES string of the molecule is c1ccc([Si](c2ccccc2)(c2cccc(-c3c4ccccc4c(-c4ccc5ccccc5c4)c4ccccc34)c2)c2cccc(-c3c4ccccc4c(-c4ccc5ccccc5c4)c4ccccc34)c2)cc1. The first kappa shape index (κ1) is 42.7. The maximum atomic E-state index is 2.55. The second-order valence-corrected chi connectivity index (χ2v) is 23.3. The number of hydrogen-bond acceptors (Lipinski definition) is 0. The van der Waals surface area contributed by atoms with Crippen LogP contribution in [-0.4, -0.2) is 8.07 Å². The highest BCUT2D eigenvalue weighted by molar-refractivity contribution is 7.20. The van der Waals surface area contributed by atoms with Gasteiger partial charge in [0, 0.05) is 0 Å². The minimum atomic E-state index is -3.08. The van der Waals surface area contributed by atoms with Crippen molar-refractivity contribution in [2.45, 2.75) is 0 Å². The minimum Gasteiger partial charge on any atom is -0.0623 e. The lowest BCUT2D eigenvalue weighted by molar-refractivity contribution is 1.64. The zero-order valence-corrected chi connectivity index (χ0v) is 41.2. The molecule has 14 aromatic carbocycles. The first-order valence-electron chi connectivity index (χ1n) is 25.4. The van der Waals surface area contributed by atoms with Gasteiger partial charge >= 0.3 is 0 Å². The van der Waals surface area contributed by atoms with Gasteiger partial charge in [-0.15, -0.1) is 0 Å². The summed E-state index contributed by atoms with van der Waals surface area (Å²) >= 11 is 0. The molecule has 0 fully saturated rings. The molecule has 0 aliphatic heterocycles. The number of rotatable bonds is 8. The Morgan fingerprint density at radius 1 is 0.164 bits per heavy atom. The summed E-state index contributed by atoms with van der Waals surface area (Å²) in [5.41, 5.74) is 9.98. The highest BCUT2D eigenvalue weighted by Gasteiger charge is 2.42.